The lowest BCUT2D eigenvalue weighted by atomic mass is 10.2. The van der Waals surface area contributed by atoms with E-state index in [4.69, 9.17) is 27.9 Å². The minimum atomic E-state index is -0.279. The highest BCUT2D eigenvalue weighted by Gasteiger charge is 2.18. The number of halogens is 2. The number of amides is 1. The van der Waals surface area contributed by atoms with Crippen molar-refractivity contribution >= 4 is 40.5 Å². The van der Waals surface area contributed by atoms with E-state index in [1.165, 1.54) is 0 Å². The van der Waals surface area contributed by atoms with Gasteiger partial charge in [0.2, 0.25) is 0 Å². The Hall–Kier alpha value is -1.75. The molecule has 0 saturated carbocycles. The Kier molecular flexibility index (Phi) is 5.06. The molecular formula is C17H16Cl2N2O2. The molecule has 23 heavy (non-hydrogen) atoms. The Bertz CT molecular complexity index is 715. The van der Waals surface area contributed by atoms with Crippen LogP contribution in [0.3, 0.4) is 0 Å². The van der Waals surface area contributed by atoms with E-state index in [1.807, 2.05) is 24.3 Å². The van der Waals surface area contributed by atoms with Gasteiger partial charge in [0, 0.05) is 13.1 Å². The number of hydrogen-bond donors (Lipinski definition) is 1. The average molecular weight is 351 g/mol. The number of carbonyl (C=O) groups is 1. The molecule has 1 saturated heterocycles. The summed E-state index contributed by atoms with van der Waals surface area (Å²) in [6, 6.07) is 12.7. The van der Waals surface area contributed by atoms with Crippen LogP contribution in [-0.2, 0) is 4.74 Å². The fourth-order valence-corrected chi connectivity index (χ4v) is 2.91. The Labute approximate surface area is 144 Å². The second kappa shape index (κ2) is 7.21. The van der Waals surface area contributed by atoms with Crippen molar-refractivity contribution in [3.05, 3.63) is 58.1 Å². The Morgan fingerprint density at radius 3 is 2.57 bits per heavy atom. The molecule has 4 nitrogen and oxygen atoms in total. The van der Waals surface area contributed by atoms with Crippen molar-refractivity contribution in [1.82, 2.24) is 0 Å². The summed E-state index contributed by atoms with van der Waals surface area (Å²) < 4.78 is 5.38. The summed E-state index contributed by atoms with van der Waals surface area (Å²) in [5, 5.41) is 3.55. The van der Waals surface area contributed by atoms with Crippen molar-refractivity contribution in [2.45, 2.75) is 0 Å². The number of morpholine rings is 1. The third kappa shape index (κ3) is 3.61. The zero-order chi connectivity index (χ0) is 16.2. The number of anilines is 2. The van der Waals surface area contributed by atoms with Crippen LogP contribution in [0.15, 0.2) is 42.5 Å². The summed E-state index contributed by atoms with van der Waals surface area (Å²) in [6.45, 7) is 2.96. The first-order valence-corrected chi connectivity index (χ1v) is 8.09. The highest BCUT2D eigenvalue weighted by molar-refractivity contribution is 6.44. The molecule has 3 rings (SSSR count). The summed E-state index contributed by atoms with van der Waals surface area (Å²) in [5.41, 5.74) is 2.08. The van der Waals surface area contributed by atoms with Gasteiger partial charge in [-0.2, -0.15) is 0 Å². The minimum absolute atomic E-state index is 0.260. The predicted octanol–water partition coefficient (Wildman–Crippen LogP) is 4.08. The number of nitrogens with zero attached hydrogens (tertiary/aromatic N) is 1. The fraction of sp³-hybridized carbons (Fsp3) is 0.235. The number of para-hydroxylation sites is 2. The van der Waals surface area contributed by atoms with E-state index in [-0.39, 0.29) is 10.9 Å². The molecule has 1 heterocycles. The average Bonchev–Trinajstić information content (AvgIpc) is 2.58. The van der Waals surface area contributed by atoms with E-state index in [9.17, 15) is 4.79 Å². The standard InChI is InChI=1S/C17H16Cl2N2O2/c18-13-5-3-4-12(16(13)19)17(22)20-14-6-1-2-7-15(14)21-8-10-23-11-9-21/h1-7H,8-11H2,(H,20,22). The van der Waals surface area contributed by atoms with Gasteiger partial charge in [0.25, 0.3) is 5.91 Å². The molecule has 2 aromatic rings. The quantitative estimate of drug-likeness (QED) is 0.906. The van der Waals surface area contributed by atoms with Crippen molar-refractivity contribution in [2.24, 2.45) is 0 Å². The number of carbonyl (C=O) groups excluding carboxylic acids is 1. The normalized spacial score (nSPS) is 14.6. The largest absolute Gasteiger partial charge is 0.378 e. The Morgan fingerprint density at radius 2 is 1.78 bits per heavy atom. The molecule has 0 aliphatic carbocycles. The molecular weight excluding hydrogens is 335 g/mol. The van der Waals surface area contributed by atoms with E-state index in [0.717, 1.165) is 24.5 Å². The summed E-state index contributed by atoms with van der Waals surface area (Å²) in [7, 11) is 0. The Morgan fingerprint density at radius 1 is 1.04 bits per heavy atom. The fourth-order valence-electron chi connectivity index (χ4n) is 2.53. The lowest BCUT2D eigenvalue weighted by Gasteiger charge is -2.30. The van der Waals surface area contributed by atoms with Crippen molar-refractivity contribution in [2.75, 3.05) is 36.5 Å². The molecule has 120 valence electrons. The van der Waals surface area contributed by atoms with Crippen LogP contribution in [-0.4, -0.2) is 32.2 Å². The second-order valence-electron chi connectivity index (χ2n) is 5.17. The molecule has 0 unspecified atom stereocenters. The monoisotopic (exact) mass is 350 g/mol. The van der Waals surface area contributed by atoms with E-state index < -0.39 is 0 Å². The van der Waals surface area contributed by atoms with Gasteiger partial charge in [0.15, 0.2) is 0 Å². The number of benzene rings is 2. The van der Waals surface area contributed by atoms with Crippen LogP contribution in [0.25, 0.3) is 0 Å². The van der Waals surface area contributed by atoms with Crippen LogP contribution in [0.2, 0.25) is 10.0 Å². The lowest BCUT2D eigenvalue weighted by Crippen LogP contribution is -2.36. The van der Waals surface area contributed by atoms with Gasteiger partial charge in [0.05, 0.1) is 40.2 Å². The van der Waals surface area contributed by atoms with Crippen LogP contribution in [0.4, 0.5) is 11.4 Å². The molecule has 1 fully saturated rings. The first-order valence-electron chi connectivity index (χ1n) is 7.34. The number of ether oxygens (including phenoxy) is 1. The van der Waals surface area contributed by atoms with Crippen LogP contribution in [0, 0.1) is 0 Å². The van der Waals surface area contributed by atoms with Gasteiger partial charge in [-0.25, -0.2) is 0 Å². The topological polar surface area (TPSA) is 41.6 Å². The zero-order valence-electron chi connectivity index (χ0n) is 12.4. The molecule has 1 aliphatic rings. The van der Waals surface area contributed by atoms with Gasteiger partial charge in [-0.05, 0) is 24.3 Å². The zero-order valence-corrected chi connectivity index (χ0v) is 13.9. The van der Waals surface area contributed by atoms with Gasteiger partial charge >= 0.3 is 0 Å². The van der Waals surface area contributed by atoms with E-state index in [0.29, 0.717) is 23.8 Å². The maximum atomic E-state index is 12.5. The van der Waals surface area contributed by atoms with Gasteiger partial charge in [-0.1, -0.05) is 41.4 Å². The molecule has 0 bridgehead atoms. The summed E-state index contributed by atoms with van der Waals surface area (Å²) >= 11 is 12.1. The number of hydrogen-bond acceptors (Lipinski definition) is 3. The van der Waals surface area contributed by atoms with Crippen molar-refractivity contribution in [1.29, 1.82) is 0 Å². The number of nitrogens with one attached hydrogen (secondary N) is 1. The van der Waals surface area contributed by atoms with E-state index in [2.05, 4.69) is 10.2 Å². The smallest absolute Gasteiger partial charge is 0.257 e. The molecule has 0 atom stereocenters. The molecule has 0 aromatic heterocycles. The highest BCUT2D eigenvalue weighted by atomic mass is 35.5. The van der Waals surface area contributed by atoms with Crippen molar-refractivity contribution in [3.63, 3.8) is 0 Å². The van der Waals surface area contributed by atoms with Crippen LogP contribution < -0.4 is 10.2 Å². The van der Waals surface area contributed by atoms with Crippen molar-refractivity contribution in [3.8, 4) is 0 Å². The van der Waals surface area contributed by atoms with Gasteiger partial charge in [0.1, 0.15) is 0 Å². The first kappa shape index (κ1) is 16.1. The molecule has 0 spiro atoms. The highest BCUT2D eigenvalue weighted by Crippen LogP contribution is 2.29. The van der Waals surface area contributed by atoms with Gasteiger partial charge in [-0.15, -0.1) is 0 Å². The number of rotatable bonds is 3. The summed E-state index contributed by atoms with van der Waals surface area (Å²) in [6.07, 6.45) is 0. The molecule has 1 N–H and O–H groups in total. The molecule has 0 radical (unpaired) electrons. The van der Waals surface area contributed by atoms with Gasteiger partial charge in [-0.3, -0.25) is 4.79 Å². The summed E-state index contributed by atoms with van der Waals surface area (Å²) in [5.74, 6) is -0.279. The maximum absolute atomic E-state index is 12.5. The van der Waals surface area contributed by atoms with Crippen molar-refractivity contribution < 1.29 is 9.53 Å². The van der Waals surface area contributed by atoms with Crippen LogP contribution in [0.5, 0.6) is 0 Å². The third-order valence-corrected chi connectivity index (χ3v) is 4.52. The first-order chi connectivity index (χ1) is 11.2. The third-order valence-electron chi connectivity index (χ3n) is 3.70. The second-order valence-corrected chi connectivity index (χ2v) is 5.96. The minimum Gasteiger partial charge on any atom is -0.378 e. The van der Waals surface area contributed by atoms with Crippen LogP contribution in [0.1, 0.15) is 10.4 Å². The lowest BCUT2D eigenvalue weighted by molar-refractivity contribution is 0.102. The predicted molar refractivity (Wildman–Crippen MR) is 93.9 cm³/mol. The molecule has 2 aromatic carbocycles. The molecule has 1 amide bonds. The van der Waals surface area contributed by atoms with E-state index in [1.54, 1.807) is 18.2 Å². The summed E-state index contributed by atoms with van der Waals surface area (Å²) in [4.78, 5) is 14.7. The Balaban J connectivity index is 1.85. The molecule has 1 aliphatic heterocycles. The van der Waals surface area contributed by atoms with Gasteiger partial charge < -0.3 is 15.0 Å². The maximum Gasteiger partial charge on any atom is 0.257 e. The SMILES string of the molecule is O=C(Nc1ccccc1N1CCOCC1)c1cccc(Cl)c1Cl. The van der Waals surface area contributed by atoms with E-state index >= 15 is 0 Å². The molecule has 6 heteroatoms. The van der Waals surface area contributed by atoms with Crippen LogP contribution >= 0.6 is 23.2 Å².